The number of carbonyl (C=O) groups excluding carboxylic acids is 1. The van der Waals surface area contributed by atoms with Gasteiger partial charge in [-0.15, -0.1) is 0 Å². The van der Waals surface area contributed by atoms with Crippen LogP contribution >= 0.6 is 11.6 Å². The average Bonchev–Trinajstić information content (AvgIpc) is 3.37. The molecule has 1 saturated carbocycles. The fourth-order valence-electron chi connectivity index (χ4n) is 2.87. The summed E-state index contributed by atoms with van der Waals surface area (Å²) < 4.78 is 0. The van der Waals surface area contributed by atoms with E-state index < -0.39 is 6.10 Å². The van der Waals surface area contributed by atoms with Gasteiger partial charge in [-0.2, -0.15) is 0 Å². The Kier molecular flexibility index (Phi) is 4.99. The minimum atomic E-state index is -0.539. The van der Waals surface area contributed by atoms with E-state index in [0.717, 1.165) is 12.0 Å². The Morgan fingerprint density at radius 3 is 2.57 bits per heavy atom. The van der Waals surface area contributed by atoms with Crippen molar-refractivity contribution in [2.75, 3.05) is 6.54 Å². The number of carbonyl (C=O) groups is 1. The molecule has 1 aliphatic carbocycles. The number of halogens is 1. The molecule has 0 saturated heterocycles. The first kappa shape index (κ1) is 16.0. The fraction of sp³-hybridized carbons (Fsp3) is 0.316. The zero-order chi connectivity index (χ0) is 16.2. The van der Waals surface area contributed by atoms with Crippen molar-refractivity contribution in [2.24, 2.45) is 5.92 Å². The third kappa shape index (κ3) is 4.12. The fourth-order valence-corrected chi connectivity index (χ4v) is 2.99. The number of rotatable bonds is 6. The van der Waals surface area contributed by atoms with Crippen LogP contribution < -0.4 is 5.32 Å². The van der Waals surface area contributed by atoms with Gasteiger partial charge < -0.3 is 10.4 Å². The molecule has 0 aromatic heterocycles. The minimum Gasteiger partial charge on any atom is -0.388 e. The van der Waals surface area contributed by atoms with Gasteiger partial charge in [0.1, 0.15) is 0 Å². The quantitative estimate of drug-likeness (QED) is 0.849. The Bertz CT molecular complexity index is 657. The summed E-state index contributed by atoms with van der Waals surface area (Å²) in [7, 11) is 0. The standard InChI is InChI=1S/C19H20ClNO2/c20-15-8-6-13(7-9-15)16-12-17(16)19(23)21-11-10-18(22)14-4-2-1-3-5-14/h1-9,16-18,22H,10-12H2,(H,21,23). The Morgan fingerprint density at radius 1 is 1.17 bits per heavy atom. The minimum absolute atomic E-state index is 0.0463. The lowest BCUT2D eigenvalue weighted by atomic mass is 10.1. The van der Waals surface area contributed by atoms with E-state index in [1.807, 2.05) is 54.6 Å². The van der Waals surface area contributed by atoms with E-state index in [2.05, 4.69) is 5.32 Å². The first-order chi connectivity index (χ1) is 11.1. The maximum atomic E-state index is 12.2. The van der Waals surface area contributed by atoms with Crippen molar-refractivity contribution in [1.29, 1.82) is 0 Å². The van der Waals surface area contributed by atoms with Crippen LogP contribution in [0.3, 0.4) is 0 Å². The molecule has 0 bridgehead atoms. The predicted octanol–water partition coefficient (Wildman–Crippen LogP) is 3.68. The Labute approximate surface area is 141 Å². The lowest BCUT2D eigenvalue weighted by Crippen LogP contribution is -2.27. The van der Waals surface area contributed by atoms with Gasteiger partial charge >= 0.3 is 0 Å². The number of hydrogen-bond donors (Lipinski definition) is 2. The summed E-state index contributed by atoms with van der Waals surface area (Å²) in [5.41, 5.74) is 2.05. The molecule has 0 aliphatic heterocycles. The van der Waals surface area contributed by atoms with Crippen LogP contribution in [0.25, 0.3) is 0 Å². The lowest BCUT2D eigenvalue weighted by molar-refractivity contribution is -0.122. The Morgan fingerprint density at radius 2 is 1.87 bits per heavy atom. The van der Waals surface area contributed by atoms with Gasteiger partial charge in [-0.05, 0) is 42.0 Å². The lowest BCUT2D eigenvalue weighted by Gasteiger charge is -2.11. The van der Waals surface area contributed by atoms with Crippen LogP contribution in [0, 0.1) is 5.92 Å². The van der Waals surface area contributed by atoms with Gasteiger partial charge in [0.25, 0.3) is 0 Å². The van der Waals surface area contributed by atoms with Crippen molar-refractivity contribution in [2.45, 2.75) is 24.9 Å². The summed E-state index contributed by atoms with van der Waals surface area (Å²) >= 11 is 5.88. The molecular formula is C19H20ClNO2. The van der Waals surface area contributed by atoms with Gasteiger partial charge in [0.2, 0.25) is 5.91 Å². The molecule has 2 N–H and O–H groups in total. The van der Waals surface area contributed by atoms with E-state index in [-0.39, 0.29) is 11.8 Å². The van der Waals surface area contributed by atoms with Crippen LogP contribution in [-0.2, 0) is 4.79 Å². The van der Waals surface area contributed by atoms with Crippen molar-refractivity contribution in [3.63, 3.8) is 0 Å². The van der Waals surface area contributed by atoms with Crippen molar-refractivity contribution in [1.82, 2.24) is 5.32 Å². The Balaban J connectivity index is 1.43. The molecule has 0 spiro atoms. The number of aliphatic hydroxyl groups is 1. The van der Waals surface area contributed by atoms with Crippen LogP contribution in [-0.4, -0.2) is 17.6 Å². The van der Waals surface area contributed by atoms with Gasteiger partial charge in [0.15, 0.2) is 0 Å². The maximum Gasteiger partial charge on any atom is 0.223 e. The molecule has 0 heterocycles. The summed E-state index contributed by atoms with van der Waals surface area (Å²) in [5, 5.41) is 13.7. The first-order valence-corrected chi connectivity index (χ1v) is 8.29. The largest absolute Gasteiger partial charge is 0.388 e. The van der Waals surface area contributed by atoms with E-state index in [1.165, 1.54) is 5.56 Å². The van der Waals surface area contributed by atoms with Crippen molar-refractivity contribution < 1.29 is 9.90 Å². The maximum absolute atomic E-state index is 12.2. The molecule has 3 atom stereocenters. The molecule has 120 valence electrons. The van der Waals surface area contributed by atoms with Gasteiger partial charge in [0, 0.05) is 17.5 Å². The second-order valence-corrected chi connectivity index (χ2v) is 6.44. The monoisotopic (exact) mass is 329 g/mol. The van der Waals surface area contributed by atoms with Crippen LogP contribution in [0.5, 0.6) is 0 Å². The smallest absolute Gasteiger partial charge is 0.223 e. The highest BCUT2D eigenvalue weighted by atomic mass is 35.5. The molecule has 23 heavy (non-hydrogen) atoms. The number of nitrogens with one attached hydrogen (secondary N) is 1. The summed E-state index contributed by atoms with van der Waals surface area (Å²) in [6, 6.07) is 17.2. The van der Waals surface area contributed by atoms with Crippen LogP contribution in [0.4, 0.5) is 0 Å². The summed E-state index contributed by atoms with van der Waals surface area (Å²) in [6.07, 6.45) is 0.866. The molecule has 1 fully saturated rings. The number of benzene rings is 2. The van der Waals surface area contributed by atoms with Crippen molar-refractivity contribution in [3.05, 3.63) is 70.7 Å². The molecule has 3 rings (SSSR count). The van der Waals surface area contributed by atoms with Crippen molar-refractivity contribution >= 4 is 17.5 Å². The molecule has 1 aliphatic rings. The first-order valence-electron chi connectivity index (χ1n) is 7.91. The van der Waals surface area contributed by atoms with Crippen molar-refractivity contribution in [3.8, 4) is 0 Å². The zero-order valence-corrected chi connectivity index (χ0v) is 13.5. The summed E-state index contributed by atoms with van der Waals surface area (Å²) in [4.78, 5) is 12.2. The van der Waals surface area contributed by atoms with Gasteiger partial charge in [-0.3, -0.25) is 4.79 Å². The van der Waals surface area contributed by atoms with Gasteiger partial charge in [-0.25, -0.2) is 0 Å². The third-order valence-electron chi connectivity index (χ3n) is 4.33. The molecular weight excluding hydrogens is 310 g/mol. The second-order valence-electron chi connectivity index (χ2n) is 6.01. The predicted molar refractivity (Wildman–Crippen MR) is 91.3 cm³/mol. The molecule has 2 aromatic rings. The highest BCUT2D eigenvalue weighted by Gasteiger charge is 2.43. The Hall–Kier alpha value is -1.84. The molecule has 3 unspecified atom stereocenters. The number of hydrogen-bond acceptors (Lipinski definition) is 2. The number of aliphatic hydroxyl groups excluding tert-OH is 1. The zero-order valence-electron chi connectivity index (χ0n) is 12.8. The molecule has 3 nitrogen and oxygen atoms in total. The highest BCUT2D eigenvalue weighted by molar-refractivity contribution is 6.30. The molecule has 2 aromatic carbocycles. The SMILES string of the molecule is O=C(NCCC(O)c1ccccc1)C1CC1c1ccc(Cl)cc1. The second kappa shape index (κ2) is 7.16. The average molecular weight is 330 g/mol. The topological polar surface area (TPSA) is 49.3 Å². The number of amides is 1. The summed E-state index contributed by atoms with van der Waals surface area (Å²) in [6.45, 7) is 0.485. The van der Waals surface area contributed by atoms with Gasteiger partial charge in [-0.1, -0.05) is 54.1 Å². The van der Waals surface area contributed by atoms with Gasteiger partial charge in [0.05, 0.1) is 6.10 Å². The van der Waals surface area contributed by atoms with E-state index in [1.54, 1.807) is 0 Å². The van der Waals surface area contributed by atoms with E-state index in [0.29, 0.717) is 23.9 Å². The highest BCUT2D eigenvalue weighted by Crippen LogP contribution is 2.47. The normalized spacial score (nSPS) is 20.8. The summed E-state index contributed by atoms with van der Waals surface area (Å²) in [5.74, 6) is 0.418. The van der Waals surface area contributed by atoms with Crippen LogP contribution in [0.15, 0.2) is 54.6 Å². The van der Waals surface area contributed by atoms with E-state index in [9.17, 15) is 9.90 Å². The van der Waals surface area contributed by atoms with Crippen LogP contribution in [0.1, 0.15) is 36.0 Å². The molecule has 1 amide bonds. The van der Waals surface area contributed by atoms with Crippen LogP contribution in [0.2, 0.25) is 5.02 Å². The van der Waals surface area contributed by atoms with E-state index >= 15 is 0 Å². The third-order valence-corrected chi connectivity index (χ3v) is 4.58. The molecule has 0 radical (unpaired) electrons. The van der Waals surface area contributed by atoms with E-state index in [4.69, 9.17) is 11.6 Å². The molecule has 4 heteroatoms.